The van der Waals surface area contributed by atoms with Crippen LogP contribution in [0.3, 0.4) is 0 Å². The van der Waals surface area contributed by atoms with Gasteiger partial charge in [0.1, 0.15) is 0 Å². The molecule has 0 fully saturated rings. The Bertz CT molecular complexity index is 759. The van der Waals surface area contributed by atoms with Crippen LogP contribution in [0.5, 0.6) is 0 Å². The normalized spacial score (nSPS) is 10.7. The van der Waals surface area contributed by atoms with Gasteiger partial charge in [-0.1, -0.05) is 42.5 Å². The van der Waals surface area contributed by atoms with E-state index in [1.54, 1.807) is 0 Å². The molecule has 1 aromatic heterocycles. The summed E-state index contributed by atoms with van der Waals surface area (Å²) in [6.07, 6.45) is 0.478. The second-order valence-electron chi connectivity index (χ2n) is 4.31. The van der Waals surface area contributed by atoms with E-state index < -0.39 is 5.97 Å². The van der Waals surface area contributed by atoms with E-state index in [9.17, 15) is 4.79 Å². The number of carbonyl (C=O) groups excluding carboxylic acids is 1. The number of hydrogen-bond acceptors (Lipinski definition) is 5. The van der Waals surface area contributed by atoms with Crippen molar-refractivity contribution in [1.29, 1.82) is 0 Å². The maximum Gasteiger partial charge on any atom is 0.396 e. The van der Waals surface area contributed by atoms with Gasteiger partial charge in [0.25, 0.3) is 0 Å². The number of aromatic nitrogens is 2. The van der Waals surface area contributed by atoms with Crippen LogP contribution >= 0.6 is 0 Å². The average molecular weight is 268 g/mol. The van der Waals surface area contributed by atoms with Gasteiger partial charge in [-0.15, -0.1) is 10.2 Å². The van der Waals surface area contributed by atoms with E-state index in [1.807, 2.05) is 42.5 Å². The summed E-state index contributed by atoms with van der Waals surface area (Å²) in [7, 11) is 1.27. The van der Waals surface area contributed by atoms with Crippen molar-refractivity contribution in [2.75, 3.05) is 7.11 Å². The van der Waals surface area contributed by atoms with E-state index in [2.05, 4.69) is 14.9 Å². The van der Waals surface area contributed by atoms with Crippen molar-refractivity contribution < 1.29 is 13.9 Å². The fourth-order valence-corrected chi connectivity index (χ4v) is 2.10. The molecule has 5 nitrogen and oxygen atoms in total. The molecule has 0 spiro atoms. The Morgan fingerprint density at radius 1 is 1.15 bits per heavy atom. The van der Waals surface area contributed by atoms with Crippen LogP contribution in [0.25, 0.3) is 10.8 Å². The summed E-state index contributed by atoms with van der Waals surface area (Å²) >= 11 is 0. The molecule has 0 unspecified atom stereocenters. The first-order valence-electron chi connectivity index (χ1n) is 6.15. The SMILES string of the molecule is COC(=O)c1nnc(Cc2cccc3ccccc23)o1. The Kier molecular flexibility index (Phi) is 3.16. The Morgan fingerprint density at radius 2 is 1.95 bits per heavy atom. The number of hydrogen-bond donors (Lipinski definition) is 0. The Morgan fingerprint density at radius 3 is 2.80 bits per heavy atom. The zero-order chi connectivity index (χ0) is 13.9. The van der Waals surface area contributed by atoms with Crippen LogP contribution in [-0.4, -0.2) is 23.3 Å². The number of methoxy groups -OCH3 is 1. The molecule has 20 heavy (non-hydrogen) atoms. The van der Waals surface area contributed by atoms with E-state index in [1.165, 1.54) is 7.11 Å². The van der Waals surface area contributed by atoms with Gasteiger partial charge in [-0.2, -0.15) is 0 Å². The quantitative estimate of drug-likeness (QED) is 0.683. The van der Waals surface area contributed by atoms with E-state index in [0.717, 1.165) is 16.3 Å². The molecule has 0 aliphatic rings. The summed E-state index contributed by atoms with van der Waals surface area (Å²) in [6.45, 7) is 0. The van der Waals surface area contributed by atoms with Crippen LogP contribution in [0, 0.1) is 0 Å². The van der Waals surface area contributed by atoms with Gasteiger partial charge in [-0.3, -0.25) is 0 Å². The van der Waals surface area contributed by atoms with Crippen molar-refractivity contribution in [2.24, 2.45) is 0 Å². The largest absolute Gasteiger partial charge is 0.462 e. The second kappa shape index (κ2) is 5.13. The first-order chi connectivity index (χ1) is 9.78. The van der Waals surface area contributed by atoms with E-state index in [-0.39, 0.29) is 5.89 Å². The third-order valence-corrected chi connectivity index (χ3v) is 3.05. The summed E-state index contributed by atoms with van der Waals surface area (Å²) in [5.74, 6) is -0.355. The molecule has 3 aromatic rings. The minimum Gasteiger partial charge on any atom is -0.462 e. The summed E-state index contributed by atoms with van der Waals surface area (Å²) in [4.78, 5) is 11.3. The van der Waals surface area contributed by atoms with Crippen molar-refractivity contribution in [3.05, 3.63) is 59.8 Å². The molecule has 0 aliphatic heterocycles. The summed E-state index contributed by atoms with van der Waals surface area (Å²) in [6, 6.07) is 14.1. The van der Waals surface area contributed by atoms with Crippen LogP contribution in [0.15, 0.2) is 46.9 Å². The molecule has 0 saturated carbocycles. The van der Waals surface area contributed by atoms with Crippen molar-refractivity contribution in [3.63, 3.8) is 0 Å². The predicted octanol–water partition coefficient (Wildman–Crippen LogP) is 2.60. The lowest BCUT2D eigenvalue weighted by atomic mass is 10.0. The molecule has 0 atom stereocenters. The third-order valence-electron chi connectivity index (χ3n) is 3.05. The minimum atomic E-state index is -0.623. The Labute approximate surface area is 115 Å². The molecule has 5 heteroatoms. The van der Waals surface area contributed by atoms with Crippen molar-refractivity contribution in [2.45, 2.75) is 6.42 Å². The summed E-state index contributed by atoms with van der Waals surface area (Å²) in [5.41, 5.74) is 1.07. The highest BCUT2D eigenvalue weighted by molar-refractivity contribution is 5.86. The highest BCUT2D eigenvalue weighted by Gasteiger charge is 2.15. The van der Waals surface area contributed by atoms with Crippen LogP contribution in [0.2, 0.25) is 0 Å². The van der Waals surface area contributed by atoms with Gasteiger partial charge in [0.05, 0.1) is 13.5 Å². The molecule has 0 saturated heterocycles. The van der Waals surface area contributed by atoms with Crippen LogP contribution in [0.4, 0.5) is 0 Å². The lowest BCUT2D eigenvalue weighted by molar-refractivity contribution is 0.0554. The van der Waals surface area contributed by atoms with E-state index in [0.29, 0.717) is 12.3 Å². The average Bonchev–Trinajstić information content (AvgIpc) is 2.95. The van der Waals surface area contributed by atoms with Gasteiger partial charge < -0.3 is 9.15 Å². The van der Waals surface area contributed by atoms with Gasteiger partial charge >= 0.3 is 11.9 Å². The zero-order valence-corrected chi connectivity index (χ0v) is 10.9. The first-order valence-corrected chi connectivity index (χ1v) is 6.15. The number of fused-ring (bicyclic) bond motifs is 1. The van der Waals surface area contributed by atoms with Crippen molar-refractivity contribution in [1.82, 2.24) is 10.2 Å². The molecule has 0 N–H and O–H groups in total. The lowest BCUT2D eigenvalue weighted by Crippen LogP contribution is -2.00. The number of nitrogens with zero attached hydrogens (tertiary/aromatic N) is 2. The number of esters is 1. The molecule has 0 aliphatic carbocycles. The lowest BCUT2D eigenvalue weighted by Gasteiger charge is -2.03. The highest BCUT2D eigenvalue weighted by atomic mass is 16.5. The van der Waals surface area contributed by atoms with Gasteiger partial charge in [-0.25, -0.2) is 4.79 Å². The Balaban J connectivity index is 1.93. The Hall–Kier alpha value is -2.69. The summed E-state index contributed by atoms with van der Waals surface area (Å²) < 4.78 is 9.83. The van der Waals surface area contributed by atoms with Gasteiger partial charge in [0, 0.05) is 0 Å². The second-order valence-corrected chi connectivity index (χ2v) is 4.31. The molecule has 3 rings (SSSR count). The fourth-order valence-electron chi connectivity index (χ4n) is 2.10. The van der Waals surface area contributed by atoms with Gasteiger partial charge in [0.15, 0.2) is 0 Å². The minimum absolute atomic E-state index is 0.122. The van der Waals surface area contributed by atoms with Crippen LogP contribution in [0.1, 0.15) is 22.1 Å². The highest BCUT2D eigenvalue weighted by Crippen LogP contribution is 2.20. The number of ether oxygens (including phenoxy) is 1. The fraction of sp³-hybridized carbons (Fsp3) is 0.133. The smallest absolute Gasteiger partial charge is 0.396 e. The third kappa shape index (κ3) is 2.25. The molecule has 0 bridgehead atoms. The molecule has 2 aromatic carbocycles. The molecule has 1 heterocycles. The molecular weight excluding hydrogens is 256 g/mol. The van der Waals surface area contributed by atoms with E-state index in [4.69, 9.17) is 4.42 Å². The topological polar surface area (TPSA) is 65.2 Å². The molecule has 0 amide bonds. The standard InChI is InChI=1S/C15H12N2O3/c1-19-15(18)14-17-16-13(20-14)9-11-7-4-6-10-5-2-3-8-12(10)11/h2-8H,9H2,1H3. The monoisotopic (exact) mass is 268 g/mol. The number of rotatable bonds is 3. The van der Waals surface area contributed by atoms with E-state index >= 15 is 0 Å². The van der Waals surface area contributed by atoms with Gasteiger partial charge in [0.2, 0.25) is 5.89 Å². The predicted molar refractivity (Wildman–Crippen MR) is 72.4 cm³/mol. The molecular formula is C15H12N2O3. The molecule has 0 radical (unpaired) electrons. The van der Waals surface area contributed by atoms with Crippen LogP contribution in [-0.2, 0) is 11.2 Å². The summed E-state index contributed by atoms with van der Waals surface area (Å²) in [5, 5.41) is 9.82. The molecule has 100 valence electrons. The first kappa shape index (κ1) is 12.3. The van der Waals surface area contributed by atoms with Crippen molar-refractivity contribution >= 4 is 16.7 Å². The zero-order valence-electron chi connectivity index (χ0n) is 10.9. The number of benzene rings is 2. The van der Waals surface area contributed by atoms with Crippen LogP contribution < -0.4 is 0 Å². The number of carbonyl (C=O) groups is 1. The van der Waals surface area contributed by atoms with Crippen molar-refractivity contribution in [3.8, 4) is 0 Å². The van der Waals surface area contributed by atoms with Gasteiger partial charge in [-0.05, 0) is 16.3 Å². The maximum absolute atomic E-state index is 11.3. The maximum atomic E-state index is 11.3.